The molecule has 2 aromatic heterocycles. The summed E-state index contributed by atoms with van der Waals surface area (Å²) >= 11 is 1.38. The fourth-order valence-corrected chi connectivity index (χ4v) is 3.56. The third kappa shape index (κ3) is 2.68. The highest BCUT2D eigenvalue weighted by Crippen LogP contribution is 2.38. The smallest absolute Gasteiger partial charge is 0.265 e. The molecule has 122 valence electrons. The summed E-state index contributed by atoms with van der Waals surface area (Å²) in [5.41, 5.74) is 2.17. The number of aliphatic hydroxyl groups excluding tert-OH is 1. The lowest BCUT2D eigenvalue weighted by Crippen LogP contribution is -2.17. The first kappa shape index (κ1) is 14.9. The molecule has 1 atom stereocenters. The molecule has 1 aromatic carbocycles. The lowest BCUT2D eigenvalue weighted by atomic mass is 10.0. The number of hydrogen-bond acceptors (Lipinski definition) is 5. The molecular formula is C17H15N3O3S. The summed E-state index contributed by atoms with van der Waals surface area (Å²) in [4.78, 5) is 14.1. The second-order valence-electron chi connectivity index (χ2n) is 5.47. The van der Waals surface area contributed by atoms with Gasteiger partial charge in [-0.05, 0) is 24.3 Å². The van der Waals surface area contributed by atoms with Crippen molar-refractivity contribution in [1.82, 2.24) is 10.2 Å². The first-order valence-electron chi connectivity index (χ1n) is 7.57. The van der Waals surface area contributed by atoms with Crippen LogP contribution in [0.3, 0.4) is 0 Å². The van der Waals surface area contributed by atoms with E-state index in [1.54, 1.807) is 24.4 Å². The number of ether oxygens (including phenoxy) is 1. The number of nitrogens with zero attached hydrogens (tertiary/aromatic N) is 1. The maximum Gasteiger partial charge on any atom is 0.265 e. The van der Waals surface area contributed by atoms with Gasteiger partial charge >= 0.3 is 0 Å². The SMILES string of the molecule is O=C(Nc1cccc2c1OCC[C@@H]2O)c1ccc(-c2ccn[nH]2)s1. The van der Waals surface area contributed by atoms with Crippen molar-refractivity contribution in [1.29, 1.82) is 0 Å². The zero-order valence-electron chi connectivity index (χ0n) is 12.7. The Kier molecular flexibility index (Phi) is 3.79. The summed E-state index contributed by atoms with van der Waals surface area (Å²) in [5, 5.41) is 19.7. The van der Waals surface area contributed by atoms with Crippen LogP contribution in [-0.2, 0) is 0 Å². The number of hydrogen-bond donors (Lipinski definition) is 3. The van der Waals surface area contributed by atoms with Gasteiger partial charge in [-0.15, -0.1) is 11.3 Å². The van der Waals surface area contributed by atoms with E-state index in [1.165, 1.54) is 11.3 Å². The second kappa shape index (κ2) is 6.10. The fourth-order valence-electron chi connectivity index (χ4n) is 2.69. The van der Waals surface area contributed by atoms with Gasteiger partial charge in [-0.3, -0.25) is 9.89 Å². The van der Waals surface area contributed by atoms with Crippen LogP contribution < -0.4 is 10.1 Å². The monoisotopic (exact) mass is 341 g/mol. The number of nitrogens with one attached hydrogen (secondary N) is 2. The van der Waals surface area contributed by atoms with Crippen molar-refractivity contribution in [3.63, 3.8) is 0 Å². The molecule has 0 bridgehead atoms. The van der Waals surface area contributed by atoms with E-state index in [0.717, 1.165) is 10.6 Å². The number of benzene rings is 1. The van der Waals surface area contributed by atoms with Gasteiger partial charge < -0.3 is 15.2 Å². The number of para-hydroxylation sites is 1. The van der Waals surface area contributed by atoms with Gasteiger partial charge in [0.05, 0.1) is 33.8 Å². The van der Waals surface area contributed by atoms with Crippen molar-refractivity contribution in [2.24, 2.45) is 0 Å². The minimum Gasteiger partial charge on any atom is -0.491 e. The normalized spacial score (nSPS) is 16.3. The van der Waals surface area contributed by atoms with Gasteiger partial charge in [-0.2, -0.15) is 5.10 Å². The number of amides is 1. The van der Waals surface area contributed by atoms with Crippen molar-refractivity contribution < 1.29 is 14.6 Å². The van der Waals surface area contributed by atoms with E-state index in [4.69, 9.17) is 4.74 Å². The number of aliphatic hydroxyl groups is 1. The molecule has 4 rings (SSSR count). The minimum atomic E-state index is -0.556. The molecule has 0 saturated carbocycles. The Morgan fingerprint density at radius 1 is 1.33 bits per heavy atom. The predicted molar refractivity (Wildman–Crippen MR) is 91.4 cm³/mol. The molecule has 7 heteroatoms. The van der Waals surface area contributed by atoms with Crippen LogP contribution in [0.2, 0.25) is 0 Å². The highest BCUT2D eigenvalue weighted by molar-refractivity contribution is 7.17. The van der Waals surface area contributed by atoms with E-state index in [0.29, 0.717) is 34.9 Å². The lowest BCUT2D eigenvalue weighted by molar-refractivity contribution is 0.102. The van der Waals surface area contributed by atoms with Gasteiger partial charge in [0.2, 0.25) is 0 Å². The Labute approximate surface area is 142 Å². The van der Waals surface area contributed by atoms with Crippen molar-refractivity contribution in [2.75, 3.05) is 11.9 Å². The van der Waals surface area contributed by atoms with Crippen LogP contribution >= 0.6 is 11.3 Å². The van der Waals surface area contributed by atoms with Crippen LogP contribution in [0.1, 0.15) is 27.8 Å². The first-order valence-corrected chi connectivity index (χ1v) is 8.39. The van der Waals surface area contributed by atoms with Crippen LogP contribution in [0.25, 0.3) is 10.6 Å². The number of aromatic nitrogens is 2. The minimum absolute atomic E-state index is 0.206. The molecule has 0 radical (unpaired) electrons. The Hall–Kier alpha value is -2.64. The van der Waals surface area contributed by atoms with Crippen LogP contribution in [0.5, 0.6) is 5.75 Å². The molecule has 0 unspecified atom stereocenters. The summed E-state index contributed by atoms with van der Waals surface area (Å²) in [5.74, 6) is 0.345. The maximum absolute atomic E-state index is 12.5. The largest absolute Gasteiger partial charge is 0.491 e. The molecule has 1 aliphatic heterocycles. The van der Waals surface area contributed by atoms with Crippen molar-refractivity contribution in [2.45, 2.75) is 12.5 Å². The number of thiophene rings is 1. The number of anilines is 1. The molecule has 3 N–H and O–H groups in total. The van der Waals surface area contributed by atoms with E-state index < -0.39 is 6.10 Å². The quantitative estimate of drug-likeness (QED) is 0.683. The van der Waals surface area contributed by atoms with Gasteiger partial charge in [0.15, 0.2) is 0 Å². The number of rotatable bonds is 3. The van der Waals surface area contributed by atoms with Crippen LogP contribution in [0.15, 0.2) is 42.6 Å². The van der Waals surface area contributed by atoms with E-state index in [1.807, 2.05) is 18.2 Å². The average molecular weight is 341 g/mol. The predicted octanol–water partition coefficient (Wildman–Crippen LogP) is 3.21. The molecule has 0 aliphatic carbocycles. The number of fused-ring (bicyclic) bond motifs is 1. The Bertz CT molecular complexity index is 873. The fraction of sp³-hybridized carbons (Fsp3) is 0.176. The zero-order valence-corrected chi connectivity index (χ0v) is 13.5. The maximum atomic E-state index is 12.5. The van der Waals surface area contributed by atoms with Crippen LogP contribution in [0.4, 0.5) is 5.69 Å². The molecule has 0 saturated heterocycles. The summed E-state index contributed by atoms with van der Waals surface area (Å²) in [6, 6.07) is 10.9. The van der Waals surface area contributed by atoms with Gasteiger partial charge in [0.1, 0.15) is 5.75 Å². The Morgan fingerprint density at radius 3 is 3.08 bits per heavy atom. The Morgan fingerprint density at radius 2 is 2.25 bits per heavy atom. The van der Waals surface area contributed by atoms with E-state index in [-0.39, 0.29) is 5.91 Å². The third-order valence-electron chi connectivity index (χ3n) is 3.89. The molecule has 0 spiro atoms. The molecule has 1 amide bonds. The van der Waals surface area contributed by atoms with Crippen molar-refractivity contribution in [3.05, 3.63) is 53.0 Å². The third-order valence-corrected chi connectivity index (χ3v) is 5.00. The summed E-state index contributed by atoms with van der Waals surface area (Å²) in [6.45, 7) is 0.435. The molecule has 6 nitrogen and oxygen atoms in total. The highest BCUT2D eigenvalue weighted by Gasteiger charge is 2.23. The number of aromatic amines is 1. The van der Waals surface area contributed by atoms with Crippen molar-refractivity contribution in [3.8, 4) is 16.3 Å². The van der Waals surface area contributed by atoms with E-state index in [9.17, 15) is 9.90 Å². The Balaban J connectivity index is 1.58. The molecule has 3 aromatic rings. The summed E-state index contributed by atoms with van der Waals surface area (Å²) in [7, 11) is 0. The standard InChI is InChI=1S/C17H15N3O3S/c21-13-7-9-23-16-10(13)2-1-3-12(16)19-17(22)15-5-4-14(24-15)11-6-8-18-20-11/h1-6,8,13,21H,7,9H2,(H,18,20)(H,19,22)/t13-/m0/s1. The average Bonchev–Trinajstić information content (AvgIpc) is 3.27. The number of carbonyl (C=O) groups excluding carboxylic acids is 1. The highest BCUT2D eigenvalue weighted by atomic mass is 32.1. The van der Waals surface area contributed by atoms with Gasteiger partial charge in [-0.25, -0.2) is 0 Å². The summed E-state index contributed by atoms with van der Waals surface area (Å²) < 4.78 is 5.64. The topological polar surface area (TPSA) is 87.2 Å². The lowest BCUT2D eigenvalue weighted by Gasteiger charge is -2.24. The molecular weight excluding hydrogens is 326 g/mol. The van der Waals surface area contributed by atoms with Crippen molar-refractivity contribution >= 4 is 22.9 Å². The van der Waals surface area contributed by atoms with E-state index >= 15 is 0 Å². The molecule has 3 heterocycles. The zero-order chi connectivity index (χ0) is 16.5. The number of H-pyrrole nitrogens is 1. The van der Waals surface area contributed by atoms with Gasteiger partial charge in [0, 0.05) is 18.2 Å². The molecule has 1 aliphatic rings. The molecule has 0 fully saturated rings. The second-order valence-corrected chi connectivity index (χ2v) is 6.55. The summed E-state index contributed by atoms with van der Waals surface area (Å²) in [6.07, 6.45) is 1.68. The molecule has 24 heavy (non-hydrogen) atoms. The van der Waals surface area contributed by atoms with Gasteiger partial charge in [0.25, 0.3) is 5.91 Å². The van der Waals surface area contributed by atoms with Crippen LogP contribution in [-0.4, -0.2) is 27.8 Å². The van der Waals surface area contributed by atoms with Gasteiger partial charge in [-0.1, -0.05) is 12.1 Å². The first-order chi connectivity index (χ1) is 11.7. The van der Waals surface area contributed by atoms with E-state index in [2.05, 4.69) is 15.5 Å². The van der Waals surface area contributed by atoms with Crippen LogP contribution in [0, 0.1) is 0 Å². The number of carbonyl (C=O) groups is 1.